The SMILES string of the molecule is C=CCNC(=O)c1csc(CN2CCN(c3cccc(OC)c3)CC2)n1. The predicted octanol–water partition coefficient (Wildman–Crippen LogP) is 2.39. The quantitative estimate of drug-likeness (QED) is 0.757. The lowest BCUT2D eigenvalue weighted by molar-refractivity contribution is 0.0953. The largest absolute Gasteiger partial charge is 0.497 e. The molecule has 26 heavy (non-hydrogen) atoms. The zero-order valence-electron chi connectivity index (χ0n) is 15.0. The Morgan fingerprint density at radius 2 is 2.19 bits per heavy atom. The number of hydrogen-bond donors (Lipinski definition) is 1. The minimum atomic E-state index is -0.143. The first-order valence-electron chi connectivity index (χ1n) is 8.64. The summed E-state index contributed by atoms with van der Waals surface area (Å²) in [5.74, 6) is 0.741. The molecular weight excluding hydrogens is 348 g/mol. The van der Waals surface area contributed by atoms with Crippen LogP contribution in [-0.4, -0.2) is 55.6 Å². The van der Waals surface area contributed by atoms with Gasteiger partial charge in [-0.1, -0.05) is 12.1 Å². The Morgan fingerprint density at radius 1 is 1.38 bits per heavy atom. The van der Waals surface area contributed by atoms with Gasteiger partial charge in [-0.25, -0.2) is 4.98 Å². The monoisotopic (exact) mass is 372 g/mol. The summed E-state index contributed by atoms with van der Waals surface area (Å²) >= 11 is 1.54. The third kappa shape index (κ3) is 4.62. The third-order valence-electron chi connectivity index (χ3n) is 4.34. The van der Waals surface area contributed by atoms with Gasteiger partial charge in [0.15, 0.2) is 0 Å². The van der Waals surface area contributed by atoms with Crippen molar-refractivity contribution in [3.63, 3.8) is 0 Å². The smallest absolute Gasteiger partial charge is 0.271 e. The maximum absolute atomic E-state index is 11.9. The zero-order chi connectivity index (χ0) is 18.4. The summed E-state index contributed by atoms with van der Waals surface area (Å²) in [7, 11) is 1.69. The average Bonchev–Trinajstić information content (AvgIpc) is 3.15. The van der Waals surface area contributed by atoms with Gasteiger partial charge < -0.3 is 15.0 Å². The van der Waals surface area contributed by atoms with Crippen molar-refractivity contribution >= 4 is 22.9 Å². The topological polar surface area (TPSA) is 57.7 Å². The Labute approximate surface area is 158 Å². The summed E-state index contributed by atoms with van der Waals surface area (Å²) in [6.07, 6.45) is 1.66. The number of benzene rings is 1. The average molecular weight is 372 g/mol. The van der Waals surface area contributed by atoms with Crippen LogP contribution in [0.5, 0.6) is 5.75 Å². The second-order valence-electron chi connectivity index (χ2n) is 6.09. The molecule has 0 radical (unpaired) electrons. The molecule has 1 amide bonds. The van der Waals surface area contributed by atoms with E-state index in [4.69, 9.17) is 4.74 Å². The van der Waals surface area contributed by atoms with Crippen molar-refractivity contribution in [2.45, 2.75) is 6.54 Å². The summed E-state index contributed by atoms with van der Waals surface area (Å²) < 4.78 is 5.31. The van der Waals surface area contributed by atoms with E-state index in [1.807, 2.05) is 17.5 Å². The molecule has 138 valence electrons. The molecular formula is C19H24N4O2S. The van der Waals surface area contributed by atoms with Gasteiger partial charge in [0, 0.05) is 49.9 Å². The van der Waals surface area contributed by atoms with E-state index >= 15 is 0 Å². The minimum absolute atomic E-state index is 0.143. The Bertz CT molecular complexity index is 754. The summed E-state index contributed by atoms with van der Waals surface area (Å²) in [6, 6.07) is 8.18. The maximum Gasteiger partial charge on any atom is 0.271 e. The standard InChI is InChI=1S/C19H24N4O2S/c1-3-7-20-19(24)17-14-26-18(21-17)13-22-8-10-23(11-9-22)15-5-4-6-16(12-15)25-2/h3-6,12,14H,1,7-11,13H2,2H3,(H,20,24). The molecule has 7 heteroatoms. The van der Waals surface area contributed by atoms with Gasteiger partial charge in [0.05, 0.1) is 13.7 Å². The van der Waals surface area contributed by atoms with Crippen molar-refractivity contribution < 1.29 is 9.53 Å². The fraction of sp³-hybridized carbons (Fsp3) is 0.368. The highest BCUT2D eigenvalue weighted by Gasteiger charge is 2.19. The maximum atomic E-state index is 11.9. The normalized spacial score (nSPS) is 14.9. The molecule has 2 aromatic rings. The van der Waals surface area contributed by atoms with Crippen LogP contribution in [0.2, 0.25) is 0 Å². The number of nitrogens with one attached hydrogen (secondary N) is 1. The number of carbonyl (C=O) groups is 1. The summed E-state index contributed by atoms with van der Waals surface area (Å²) in [6.45, 7) is 8.70. The highest BCUT2D eigenvalue weighted by molar-refractivity contribution is 7.09. The molecule has 0 spiro atoms. The first kappa shape index (κ1) is 18.4. The van der Waals surface area contributed by atoms with E-state index in [1.54, 1.807) is 13.2 Å². The first-order valence-corrected chi connectivity index (χ1v) is 9.52. The van der Waals surface area contributed by atoms with Crippen molar-refractivity contribution in [1.82, 2.24) is 15.2 Å². The van der Waals surface area contributed by atoms with Crippen LogP contribution in [0.1, 0.15) is 15.5 Å². The highest BCUT2D eigenvalue weighted by atomic mass is 32.1. The number of anilines is 1. The van der Waals surface area contributed by atoms with Crippen LogP contribution >= 0.6 is 11.3 Å². The van der Waals surface area contributed by atoms with Crippen LogP contribution < -0.4 is 15.0 Å². The van der Waals surface area contributed by atoms with Crippen LogP contribution in [0.3, 0.4) is 0 Å². The zero-order valence-corrected chi connectivity index (χ0v) is 15.8. The van der Waals surface area contributed by atoms with Gasteiger partial charge in [-0.15, -0.1) is 17.9 Å². The van der Waals surface area contributed by atoms with Gasteiger partial charge in [-0.2, -0.15) is 0 Å². The van der Waals surface area contributed by atoms with Crippen molar-refractivity contribution in [3.8, 4) is 5.75 Å². The number of piperazine rings is 1. The van der Waals surface area contributed by atoms with Crippen LogP contribution in [0.15, 0.2) is 42.3 Å². The van der Waals surface area contributed by atoms with Gasteiger partial charge in [0.1, 0.15) is 16.5 Å². The number of ether oxygens (including phenoxy) is 1. The molecule has 1 aromatic heterocycles. The van der Waals surface area contributed by atoms with E-state index in [1.165, 1.54) is 17.0 Å². The van der Waals surface area contributed by atoms with Crippen molar-refractivity contribution in [2.24, 2.45) is 0 Å². The van der Waals surface area contributed by atoms with Gasteiger partial charge >= 0.3 is 0 Å². The van der Waals surface area contributed by atoms with E-state index in [0.29, 0.717) is 12.2 Å². The fourth-order valence-electron chi connectivity index (χ4n) is 2.91. The van der Waals surface area contributed by atoms with E-state index < -0.39 is 0 Å². The molecule has 1 N–H and O–H groups in total. The molecule has 0 aliphatic carbocycles. The van der Waals surface area contributed by atoms with Gasteiger partial charge in [0.2, 0.25) is 0 Å². The van der Waals surface area contributed by atoms with Gasteiger partial charge in [-0.05, 0) is 12.1 Å². The summed E-state index contributed by atoms with van der Waals surface area (Å²) in [5.41, 5.74) is 1.68. The number of nitrogens with zero attached hydrogens (tertiary/aromatic N) is 3. The fourth-order valence-corrected chi connectivity index (χ4v) is 3.72. The number of hydrogen-bond acceptors (Lipinski definition) is 6. The van der Waals surface area contributed by atoms with Gasteiger partial charge in [0.25, 0.3) is 5.91 Å². The van der Waals surface area contributed by atoms with Gasteiger partial charge in [-0.3, -0.25) is 9.69 Å². The summed E-state index contributed by atoms with van der Waals surface area (Å²) in [4.78, 5) is 21.1. The molecule has 1 aromatic carbocycles. The van der Waals surface area contributed by atoms with Crippen molar-refractivity contribution in [2.75, 3.05) is 44.7 Å². The summed E-state index contributed by atoms with van der Waals surface area (Å²) in [5, 5.41) is 5.55. The van der Waals surface area contributed by atoms with E-state index in [-0.39, 0.29) is 5.91 Å². The molecule has 1 fully saturated rings. The van der Waals surface area contributed by atoms with Crippen LogP contribution in [-0.2, 0) is 6.54 Å². The highest BCUT2D eigenvalue weighted by Crippen LogP contribution is 2.22. The molecule has 2 heterocycles. The molecule has 0 atom stereocenters. The molecule has 1 saturated heterocycles. The molecule has 1 aliphatic rings. The lowest BCUT2D eigenvalue weighted by Gasteiger charge is -2.35. The van der Waals surface area contributed by atoms with Crippen LogP contribution in [0.4, 0.5) is 5.69 Å². The predicted molar refractivity (Wildman–Crippen MR) is 105 cm³/mol. The Kier molecular flexibility index (Phi) is 6.25. The van der Waals surface area contributed by atoms with Crippen molar-refractivity contribution in [1.29, 1.82) is 0 Å². The van der Waals surface area contributed by atoms with Crippen molar-refractivity contribution in [3.05, 3.63) is 53.0 Å². The Balaban J connectivity index is 1.52. The number of aromatic nitrogens is 1. The number of rotatable bonds is 7. The number of amides is 1. The number of carbonyl (C=O) groups excluding carboxylic acids is 1. The number of thiazole rings is 1. The lowest BCUT2D eigenvalue weighted by atomic mass is 10.2. The third-order valence-corrected chi connectivity index (χ3v) is 5.17. The molecule has 0 bridgehead atoms. The molecule has 3 rings (SSSR count). The van der Waals surface area contributed by atoms with Crippen LogP contribution in [0.25, 0.3) is 0 Å². The Hall–Kier alpha value is -2.38. The molecule has 6 nitrogen and oxygen atoms in total. The second-order valence-corrected chi connectivity index (χ2v) is 7.03. The first-order chi connectivity index (χ1) is 12.7. The van der Waals surface area contributed by atoms with Crippen LogP contribution in [0, 0.1) is 0 Å². The Morgan fingerprint density at radius 3 is 2.92 bits per heavy atom. The lowest BCUT2D eigenvalue weighted by Crippen LogP contribution is -2.45. The second kappa shape index (κ2) is 8.82. The number of methoxy groups -OCH3 is 1. The van der Waals surface area contributed by atoms with E-state index in [9.17, 15) is 4.79 Å². The molecule has 1 aliphatic heterocycles. The minimum Gasteiger partial charge on any atom is -0.497 e. The molecule has 0 saturated carbocycles. The molecule has 0 unspecified atom stereocenters. The van der Waals surface area contributed by atoms with E-state index in [2.05, 4.69) is 38.8 Å². The van der Waals surface area contributed by atoms with E-state index in [0.717, 1.165) is 43.5 Å².